The van der Waals surface area contributed by atoms with Crippen molar-refractivity contribution in [2.45, 2.75) is 6.36 Å². The first-order valence-electron chi connectivity index (χ1n) is 4.61. The molecular weight excluding hydrogens is 235 g/mol. The molecule has 0 unspecified atom stereocenters. The molecule has 0 bridgehead atoms. The van der Waals surface area contributed by atoms with E-state index in [2.05, 4.69) is 9.72 Å². The van der Waals surface area contributed by atoms with Crippen LogP contribution in [0.1, 0.15) is 10.4 Å². The third-order valence-corrected chi connectivity index (χ3v) is 2.08. The monoisotopic (exact) mass is 241 g/mol. The topological polar surface area (TPSA) is 39.2 Å². The van der Waals surface area contributed by atoms with Crippen LogP contribution < -0.4 is 0 Å². The highest BCUT2D eigenvalue weighted by atomic mass is 19.4. The van der Waals surface area contributed by atoms with Gasteiger partial charge in [0.15, 0.2) is 0 Å². The largest absolute Gasteiger partial charge is 0.575 e. The van der Waals surface area contributed by atoms with E-state index < -0.39 is 12.3 Å². The van der Waals surface area contributed by atoms with E-state index in [1.807, 2.05) is 0 Å². The van der Waals surface area contributed by atoms with Gasteiger partial charge in [0, 0.05) is 11.6 Å². The molecule has 1 heterocycles. The van der Waals surface area contributed by atoms with Gasteiger partial charge in [0.05, 0.1) is 11.1 Å². The minimum absolute atomic E-state index is 0.159. The summed E-state index contributed by atoms with van der Waals surface area (Å²) in [5, 5.41) is 0.323. The summed E-state index contributed by atoms with van der Waals surface area (Å²) in [4.78, 5) is 15.2. The predicted octanol–water partition coefficient (Wildman–Crippen LogP) is 2.91. The number of pyridine rings is 1. The van der Waals surface area contributed by atoms with Crippen LogP contribution in [0.15, 0.2) is 36.5 Å². The van der Waals surface area contributed by atoms with Crippen LogP contribution in [0.4, 0.5) is 13.2 Å². The lowest BCUT2D eigenvalue weighted by Gasteiger charge is -2.08. The second-order valence-corrected chi connectivity index (χ2v) is 3.21. The zero-order chi connectivity index (χ0) is 12.5. The standard InChI is InChI=1S/C11H6F3NO2/c12-11(13,14)17-10(16)8-5-6-15-9-4-2-1-3-7(8)9/h1-6H. The Balaban J connectivity index is 2.45. The summed E-state index contributed by atoms with van der Waals surface area (Å²) < 4.78 is 39.2. The van der Waals surface area contributed by atoms with Gasteiger partial charge >= 0.3 is 12.3 Å². The molecule has 2 aromatic rings. The molecule has 3 nitrogen and oxygen atoms in total. The van der Waals surface area contributed by atoms with Crippen molar-refractivity contribution in [3.63, 3.8) is 0 Å². The molecule has 2 rings (SSSR count). The Morgan fingerprint density at radius 1 is 1.18 bits per heavy atom. The van der Waals surface area contributed by atoms with E-state index >= 15 is 0 Å². The summed E-state index contributed by atoms with van der Waals surface area (Å²) >= 11 is 0. The molecule has 0 spiro atoms. The number of fused-ring (bicyclic) bond motifs is 1. The number of para-hydroxylation sites is 1. The molecule has 0 saturated heterocycles. The highest BCUT2D eigenvalue weighted by Gasteiger charge is 2.34. The normalized spacial score (nSPS) is 11.5. The fourth-order valence-electron chi connectivity index (χ4n) is 1.43. The number of hydrogen-bond donors (Lipinski definition) is 0. The lowest BCUT2D eigenvalue weighted by molar-refractivity contribution is -0.291. The quantitative estimate of drug-likeness (QED) is 0.720. The van der Waals surface area contributed by atoms with Crippen molar-refractivity contribution < 1.29 is 22.7 Å². The SMILES string of the molecule is O=C(OC(F)(F)F)c1ccnc2ccccc12. The van der Waals surface area contributed by atoms with Crippen molar-refractivity contribution in [1.82, 2.24) is 4.98 Å². The summed E-state index contributed by atoms with van der Waals surface area (Å²) in [6.07, 6.45) is -3.73. The summed E-state index contributed by atoms with van der Waals surface area (Å²) in [5.74, 6) is -1.43. The van der Waals surface area contributed by atoms with Gasteiger partial charge < -0.3 is 4.74 Å². The van der Waals surface area contributed by atoms with Crippen molar-refractivity contribution in [2.75, 3.05) is 0 Å². The van der Waals surface area contributed by atoms with Crippen molar-refractivity contribution in [3.05, 3.63) is 42.1 Å². The van der Waals surface area contributed by atoms with E-state index in [-0.39, 0.29) is 5.56 Å². The number of hydrogen-bond acceptors (Lipinski definition) is 3. The maximum Gasteiger partial charge on any atom is 0.575 e. The van der Waals surface area contributed by atoms with Crippen molar-refractivity contribution in [1.29, 1.82) is 0 Å². The number of carbonyl (C=O) groups is 1. The molecular formula is C11H6F3NO2. The van der Waals surface area contributed by atoms with Crippen LogP contribution >= 0.6 is 0 Å². The Kier molecular flexibility index (Phi) is 2.71. The molecule has 6 heteroatoms. The van der Waals surface area contributed by atoms with Crippen LogP contribution in [-0.4, -0.2) is 17.3 Å². The summed E-state index contributed by atoms with van der Waals surface area (Å²) in [5.41, 5.74) is 0.275. The van der Waals surface area contributed by atoms with Crippen LogP contribution in [0.25, 0.3) is 10.9 Å². The Morgan fingerprint density at radius 2 is 1.88 bits per heavy atom. The Bertz CT molecular complexity index is 561. The molecule has 0 aliphatic rings. The van der Waals surface area contributed by atoms with E-state index in [4.69, 9.17) is 0 Å². The van der Waals surface area contributed by atoms with E-state index in [0.717, 1.165) is 0 Å². The molecule has 0 saturated carbocycles. The average Bonchev–Trinajstić information content (AvgIpc) is 2.26. The summed E-state index contributed by atoms with van der Waals surface area (Å²) in [7, 11) is 0. The smallest absolute Gasteiger partial charge is 0.369 e. The third-order valence-electron chi connectivity index (χ3n) is 2.08. The van der Waals surface area contributed by atoms with Crippen LogP contribution in [0, 0.1) is 0 Å². The van der Waals surface area contributed by atoms with Gasteiger partial charge in [-0.15, -0.1) is 13.2 Å². The Labute approximate surface area is 93.8 Å². The number of esters is 1. The second-order valence-electron chi connectivity index (χ2n) is 3.21. The highest BCUT2D eigenvalue weighted by Crippen LogP contribution is 2.22. The lowest BCUT2D eigenvalue weighted by atomic mass is 10.1. The summed E-state index contributed by atoms with van der Waals surface area (Å²) in [6, 6.07) is 7.58. The van der Waals surface area contributed by atoms with Crippen LogP contribution in [-0.2, 0) is 4.74 Å². The van der Waals surface area contributed by atoms with E-state index in [9.17, 15) is 18.0 Å². The lowest BCUT2D eigenvalue weighted by Crippen LogP contribution is -2.19. The molecule has 17 heavy (non-hydrogen) atoms. The van der Waals surface area contributed by atoms with E-state index in [1.165, 1.54) is 18.3 Å². The van der Waals surface area contributed by atoms with E-state index in [1.54, 1.807) is 18.2 Å². The minimum atomic E-state index is -4.98. The zero-order valence-electron chi connectivity index (χ0n) is 8.36. The molecule has 0 fully saturated rings. The number of benzene rings is 1. The number of carbonyl (C=O) groups excluding carboxylic acids is 1. The minimum Gasteiger partial charge on any atom is -0.369 e. The maximum absolute atomic E-state index is 11.9. The number of rotatable bonds is 1. The number of halogens is 3. The van der Waals surface area contributed by atoms with Gasteiger partial charge in [-0.1, -0.05) is 18.2 Å². The van der Waals surface area contributed by atoms with Crippen LogP contribution in [0.3, 0.4) is 0 Å². The third kappa shape index (κ3) is 2.52. The van der Waals surface area contributed by atoms with Crippen molar-refractivity contribution in [2.24, 2.45) is 0 Å². The second kappa shape index (κ2) is 4.04. The van der Waals surface area contributed by atoms with Gasteiger partial charge in [-0.3, -0.25) is 4.98 Å². The fourth-order valence-corrected chi connectivity index (χ4v) is 1.43. The molecule has 0 N–H and O–H groups in total. The fraction of sp³-hybridized carbons (Fsp3) is 0.0909. The van der Waals surface area contributed by atoms with Crippen molar-refractivity contribution >= 4 is 16.9 Å². The highest BCUT2D eigenvalue weighted by molar-refractivity contribution is 6.03. The molecule has 0 atom stereocenters. The van der Waals surface area contributed by atoms with Gasteiger partial charge in [-0.25, -0.2) is 4.79 Å². The summed E-state index contributed by atoms with van der Waals surface area (Å²) in [6.45, 7) is 0. The molecule has 1 aromatic heterocycles. The van der Waals surface area contributed by atoms with Gasteiger partial charge in [0.2, 0.25) is 0 Å². The Hall–Kier alpha value is -2.11. The zero-order valence-corrected chi connectivity index (χ0v) is 8.36. The Morgan fingerprint density at radius 3 is 2.59 bits per heavy atom. The number of nitrogens with zero attached hydrogens (tertiary/aromatic N) is 1. The predicted molar refractivity (Wildman–Crippen MR) is 53.2 cm³/mol. The number of aromatic nitrogens is 1. The molecule has 0 aliphatic carbocycles. The molecule has 0 aliphatic heterocycles. The van der Waals surface area contributed by atoms with Gasteiger partial charge in [-0.2, -0.15) is 0 Å². The first-order chi connectivity index (χ1) is 7.97. The molecule has 0 radical (unpaired) electrons. The molecule has 88 valence electrons. The maximum atomic E-state index is 11.9. The number of ether oxygens (including phenoxy) is 1. The number of alkyl halides is 3. The molecule has 0 amide bonds. The van der Waals surface area contributed by atoms with Crippen LogP contribution in [0.5, 0.6) is 0 Å². The average molecular weight is 241 g/mol. The van der Waals surface area contributed by atoms with Gasteiger partial charge in [0.1, 0.15) is 0 Å². The first kappa shape index (κ1) is 11.4. The first-order valence-corrected chi connectivity index (χ1v) is 4.61. The van der Waals surface area contributed by atoms with Crippen molar-refractivity contribution in [3.8, 4) is 0 Å². The van der Waals surface area contributed by atoms with Gasteiger partial charge in [-0.05, 0) is 12.1 Å². The van der Waals surface area contributed by atoms with Crippen LogP contribution in [0.2, 0.25) is 0 Å². The molecule has 1 aromatic carbocycles. The van der Waals surface area contributed by atoms with Gasteiger partial charge in [0.25, 0.3) is 0 Å². The van der Waals surface area contributed by atoms with E-state index in [0.29, 0.717) is 10.9 Å².